The van der Waals surface area contributed by atoms with E-state index < -0.39 is 0 Å². The molecule has 0 unspecified atom stereocenters. The second-order valence-corrected chi connectivity index (χ2v) is 10.1. The van der Waals surface area contributed by atoms with E-state index in [0.29, 0.717) is 0 Å². The fourth-order valence-corrected chi connectivity index (χ4v) is 5.21. The zero-order valence-corrected chi connectivity index (χ0v) is 21.2. The van der Waals surface area contributed by atoms with Crippen LogP contribution >= 0.6 is 0 Å². The third-order valence-electron chi connectivity index (χ3n) is 7.31. The maximum atomic E-state index is 6.01. The van der Waals surface area contributed by atoms with Crippen molar-refractivity contribution in [1.82, 2.24) is 9.97 Å². The number of nitrogens with zero attached hydrogens (tertiary/aromatic N) is 2. The van der Waals surface area contributed by atoms with Gasteiger partial charge in [0.15, 0.2) is 5.82 Å². The van der Waals surface area contributed by atoms with Crippen LogP contribution in [0, 0.1) is 11.8 Å². The zero-order valence-electron chi connectivity index (χ0n) is 21.2. The lowest BCUT2D eigenvalue weighted by Gasteiger charge is -2.28. The Hall–Kier alpha value is -1.90. The van der Waals surface area contributed by atoms with Crippen LogP contribution in [0.3, 0.4) is 0 Å². The van der Waals surface area contributed by atoms with Crippen molar-refractivity contribution in [2.24, 2.45) is 11.8 Å². The minimum atomic E-state index is 0.786. The fourth-order valence-electron chi connectivity index (χ4n) is 5.21. The van der Waals surface area contributed by atoms with Gasteiger partial charge < -0.3 is 4.74 Å². The van der Waals surface area contributed by atoms with Gasteiger partial charge in [-0.15, -0.1) is 0 Å². The zero-order chi connectivity index (χ0) is 23.1. The van der Waals surface area contributed by atoms with E-state index in [1.54, 1.807) is 0 Å². The Balaban J connectivity index is 1.26. The average molecular weight is 451 g/mol. The minimum absolute atomic E-state index is 0.786. The van der Waals surface area contributed by atoms with Crippen molar-refractivity contribution < 1.29 is 4.74 Å². The summed E-state index contributed by atoms with van der Waals surface area (Å²) in [6, 6.07) is 8.22. The fraction of sp³-hybridized carbons (Fsp3) is 0.667. The van der Waals surface area contributed by atoms with Gasteiger partial charge in [-0.3, -0.25) is 0 Å². The van der Waals surface area contributed by atoms with Crippen molar-refractivity contribution in [2.75, 3.05) is 6.61 Å². The Morgan fingerprint density at radius 2 is 1.33 bits per heavy atom. The molecule has 0 atom stereocenters. The quantitative estimate of drug-likeness (QED) is 0.254. The first-order valence-corrected chi connectivity index (χ1v) is 13.8. The monoisotopic (exact) mass is 450 g/mol. The number of rotatable bonds is 15. The normalized spacial score (nSPS) is 18.4. The standard InChI is InChI=1S/C30H46N2O/c1-3-5-6-7-8-9-12-25-14-16-26(17-15-25)13-10-22-33-29-20-18-28(19-21-29)30-31-23-27(11-4-2)24-32-30/h18-21,23-26H,3-17,22H2,1-2H3. The predicted octanol–water partition coefficient (Wildman–Crippen LogP) is 8.81. The number of aromatic nitrogens is 2. The Morgan fingerprint density at radius 1 is 0.727 bits per heavy atom. The predicted molar refractivity (Wildman–Crippen MR) is 140 cm³/mol. The molecule has 0 N–H and O–H groups in total. The number of hydrogen-bond acceptors (Lipinski definition) is 3. The van der Waals surface area contributed by atoms with E-state index in [1.165, 1.54) is 82.6 Å². The second-order valence-electron chi connectivity index (χ2n) is 10.1. The molecule has 0 spiro atoms. The number of aryl methyl sites for hydroxylation is 1. The summed E-state index contributed by atoms with van der Waals surface area (Å²) < 4.78 is 6.01. The maximum absolute atomic E-state index is 6.01. The Kier molecular flexibility index (Phi) is 11.8. The van der Waals surface area contributed by atoms with Crippen molar-refractivity contribution >= 4 is 0 Å². The first-order chi connectivity index (χ1) is 16.3. The van der Waals surface area contributed by atoms with Crippen LogP contribution in [0.15, 0.2) is 36.7 Å². The summed E-state index contributed by atoms with van der Waals surface area (Å²) in [5.74, 6) is 3.66. The van der Waals surface area contributed by atoms with Crippen molar-refractivity contribution in [2.45, 2.75) is 110 Å². The molecule has 0 aliphatic heterocycles. The number of hydrogen-bond donors (Lipinski definition) is 0. The summed E-state index contributed by atoms with van der Waals surface area (Å²) in [5.41, 5.74) is 2.25. The molecule has 3 rings (SSSR count). The van der Waals surface area contributed by atoms with Crippen molar-refractivity contribution in [3.63, 3.8) is 0 Å². The maximum Gasteiger partial charge on any atom is 0.159 e. The molecule has 0 bridgehead atoms. The van der Waals surface area contributed by atoms with Gasteiger partial charge in [0.05, 0.1) is 6.61 Å². The summed E-state index contributed by atoms with van der Waals surface area (Å²) in [6.45, 7) is 5.29. The van der Waals surface area contributed by atoms with Crippen LogP contribution in [0.4, 0.5) is 0 Å². The highest BCUT2D eigenvalue weighted by atomic mass is 16.5. The molecule has 3 heteroatoms. The van der Waals surface area contributed by atoms with Crippen LogP contribution in [0.1, 0.15) is 109 Å². The summed E-state index contributed by atoms with van der Waals surface area (Å²) in [4.78, 5) is 9.02. The highest BCUT2D eigenvalue weighted by Crippen LogP contribution is 2.34. The van der Waals surface area contributed by atoms with Gasteiger partial charge in [0.1, 0.15) is 5.75 Å². The molecule has 182 valence electrons. The molecule has 1 aliphatic carbocycles. The van der Waals surface area contributed by atoms with E-state index in [1.807, 2.05) is 24.5 Å². The molecule has 0 saturated heterocycles. The van der Waals surface area contributed by atoms with Gasteiger partial charge in [0.25, 0.3) is 0 Å². The molecule has 2 aromatic rings. The lowest BCUT2D eigenvalue weighted by Crippen LogP contribution is -2.15. The molecular weight excluding hydrogens is 404 g/mol. The molecule has 0 amide bonds. The van der Waals surface area contributed by atoms with Crippen LogP contribution in [0.2, 0.25) is 0 Å². The molecule has 1 fully saturated rings. The third-order valence-corrected chi connectivity index (χ3v) is 7.31. The van der Waals surface area contributed by atoms with Crippen LogP contribution in [0.5, 0.6) is 5.75 Å². The lowest BCUT2D eigenvalue weighted by atomic mass is 9.78. The molecule has 3 nitrogen and oxygen atoms in total. The van der Waals surface area contributed by atoms with Gasteiger partial charge in [-0.1, -0.05) is 90.9 Å². The Bertz CT molecular complexity index is 748. The topological polar surface area (TPSA) is 35.0 Å². The third kappa shape index (κ3) is 9.47. The molecule has 33 heavy (non-hydrogen) atoms. The van der Waals surface area contributed by atoms with E-state index in [4.69, 9.17) is 4.74 Å². The smallest absolute Gasteiger partial charge is 0.159 e. The van der Waals surface area contributed by atoms with E-state index in [2.05, 4.69) is 35.9 Å². The molecule has 0 radical (unpaired) electrons. The lowest BCUT2D eigenvalue weighted by molar-refractivity contribution is 0.228. The Morgan fingerprint density at radius 3 is 1.97 bits per heavy atom. The van der Waals surface area contributed by atoms with Gasteiger partial charge in [-0.05, 0) is 60.9 Å². The summed E-state index contributed by atoms with van der Waals surface area (Å²) in [7, 11) is 0. The summed E-state index contributed by atoms with van der Waals surface area (Å²) in [6.07, 6.45) is 24.4. The van der Waals surface area contributed by atoms with Gasteiger partial charge in [0, 0.05) is 18.0 Å². The van der Waals surface area contributed by atoms with E-state index in [9.17, 15) is 0 Å². The largest absolute Gasteiger partial charge is 0.494 e. The Labute approximate surface area is 202 Å². The highest BCUT2D eigenvalue weighted by molar-refractivity contribution is 5.55. The number of benzene rings is 1. The average Bonchev–Trinajstić information content (AvgIpc) is 2.86. The molecular formula is C30H46N2O. The van der Waals surface area contributed by atoms with Crippen LogP contribution in [0.25, 0.3) is 11.4 Å². The molecule has 1 heterocycles. The van der Waals surface area contributed by atoms with Crippen molar-refractivity contribution in [3.05, 3.63) is 42.2 Å². The minimum Gasteiger partial charge on any atom is -0.494 e. The van der Waals surface area contributed by atoms with Gasteiger partial charge in [-0.25, -0.2) is 9.97 Å². The highest BCUT2D eigenvalue weighted by Gasteiger charge is 2.20. The number of unbranched alkanes of at least 4 members (excludes halogenated alkanes) is 5. The molecule has 1 saturated carbocycles. The summed E-state index contributed by atoms with van der Waals surface area (Å²) in [5, 5.41) is 0. The molecule has 1 aromatic heterocycles. The van der Waals surface area contributed by atoms with Gasteiger partial charge >= 0.3 is 0 Å². The molecule has 1 aromatic carbocycles. The summed E-state index contributed by atoms with van der Waals surface area (Å²) >= 11 is 0. The van der Waals surface area contributed by atoms with E-state index >= 15 is 0 Å². The van der Waals surface area contributed by atoms with E-state index in [0.717, 1.165) is 54.8 Å². The van der Waals surface area contributed by atoms with Crippen LogP contribution in [-0.4, -0.2) is 16.6 Å². The second kappa shape index (κ2) is 15.1. The van der Waals surface area contributed by atoms with Crippen molar-refractivity contribution in [1.29, 1.82) is 0 Å². The molecule has 1 aliphatic rings. The van der Waals surface area contributed by atoms with Gasteiger partial charge in [-0.2, -0.15) is 0 Å². The number of ether oxygens (including phenoxy) is 1. The van der Waals surface area contributed by atoms with E-state index in [-0.39, 0.29) is 0 Å². The first kappa shape index (κ1) is 25.7. The van der Waals surface area contributed by atoms with Crippen molar-refractivity contribution in [3.8, 4) is 17.1 Å². The SMILES string of the molecule is CCCCCCCCC1CCC(CCCOc2ccc(-c3ncc(CCC)cn3)cc2)CC1. The van der Waals surface area contributed by atoms with Crippen LogP contribution < -0.4 is 4.74 Å². The van der Waals surface area contributed by atoms with Crippen LogP contribution in [-0.2, 0) is 6.42 Å². The van der Waals surface area contributed by atoms with Gasteiger partial charge in [0.2, 0.25) is 0 Å². The first-order valence-electron chi connectivity index (χ1n) is 13.8.